The molecule has 0 amide bonds. The average Bonchev–Trinajstić information content (AvgIpc) is 2.48. The van der Waals surface area contributed by atoms with Crippen LogP contribution >= 0.6 is 0 Å². The Balaban J connectivity index is 2.24. The summed E-state index contributed by atoms with van der Waals surface area (Å²) in [5.74, 6) is -1.80. The van der Waals surface area contributed by atoms with Crippen LogP contribution in [0, 0.1) is 17.0 Å². The first-order valence-electron chi connectivity index (χ1n) is 6.11. The van der Waals surface area contributed by atoms with Gasteiger partial charge in [-0.2, -0.15) is 4.39 Å². The highest BCUT2D eigenvalue weighted by molar-refractivity contribution is 5.95. The fourth-order valence-electron chi connectivity index (χ4n) is 1.81. The second kappa shape index (κ2) is 6.21. The van der Waals surface area contributed by atoms with Gasteiger partial charge < -0.3 is 15.2 Å². The molecule has 0 aliphatic heterocycles. The van der Waals surface area contributed by atoms with Crippen LogP contribution in [0.3, 0.4) is 0 Å². The fraction of sp³-hybridized carbons (Fsp3) is 0.133. The van der Waals surface area contributed by atoms with Gasteiger partial charge in [-0.1, -0.05) is 6.07 Å². The summed E-state index contributed by atoms with van der Waals surface area (Å²) in [6.07, 6.45) is 0. The third kappa shape index (κ3) is 3.28. The predicted molar refractivity (Wildman–Crippen MR) is 74.7 cm³/mol. The Kier molecular flexibility index (Phi) is 4.37. The lowest BCUT2D eigenvalue weighted by molar-refractivity contribution is 0.277. The van der Waals surface area contributed by atoms with Crippen molar-refractivity contribution < 1.29 is 18.3 Å². The highest BCUT2D eigenvalue weighted by Crippen LogP contribution is 2.24. The lowest BCUT2D eigenvalue weighted by Gasteiger charge is -2.12. The van der Waals surface area contributed by atoms with Gasteiger partial charge >= 0.3 is 0 Å². The average molecular weight is 292 g/mol. The van der Waals surface area contributed by atoms with Gasteiger partial charge in [-0.25, -0.2) is 4.39 Å². The van der Waals surface area contributed by atoms with Crippen LogP contribution in [-0.2, 0) is 6.61 Å². The van der Waals surface area contributed by atoms with E-state index in [1.54, 1.807) is 18.2 Å². The van der Waals surface area contributed by atoms with Gasteiger partial charge in [-0.3, -0.25) is 5.41 Å². The number of benzene rings is 2. The van der Waals surface area contributed by atoms with Gasteiger partial charge in [0.1, 0.15) is 18.2 Å². The highest BCUT2D eigenvalue weighted by Gasteiger charge is 2.11. The fourth-order valence-corrected chi connectivity index (χ4v) is 1.81. The molecular weight excluding hydrogens is 278 g/mol. The Morgan fingerprint density at radius 2 is 1.95 bits per heavy atom. The molecule has 21 heavy (non-hydrogen) atoms. The SMILES string of the molecule is COc1ccc(C(=N)N)cc1COc1cccc(F)c1F. The smallest absolute Gasteiger partial charge is 0.200 e. The van der Waals surface area contributed by atoms with Crippen LogP contribution in [0.4, 0.5) is 8.78 Å². The largest absolute Gasteiger partial charge is 0.496 e. The molecule has 0 aliphatic carbocycles. The lowest BCUT2D eigenvalue weighted by atomic mass is 10.1. The minimum atomic E-state index is -1.04. The minimum Gasteiger partial charge on any atom is -0.496 e. The number of halogens is 2. The molecule has 3 N–H and O–H groups in total. The zero-order valence-corrected chi connectivity index (χ0v) is 11.3. The van der Waals surface area contributed by atoms with E-state index >= 15 is 0 Å². The highest BCUT2D eigenvalue weighted by atomic mass is 19.2. The Morgan fingerprint density at radius 3 is 2.62 bits per heavy atom. The first kappa shape index (κ1) is 14.8. The van der Waals surface area contributed by atoms with Crippen LogP contribution in [0.5, 0.6) is 11.5 Å². The number of hydrogen-bond donors (Lipinski definition) is 2. The zero-order valence-electron chi connectivity index (χ0n) is 11.3. The summed E-state index contributed by atoms with van der Waals surface area (Å²) in [5.41, 5.74) is 6.49. The number of ether oxygens (including phenoxy) is 2. The molecule has 110 valence electrons. The van der Waals surface area contributed by atoms with E-state index in [0.29, 0.717) is 16.9 Å². The Labute approximate surface area is 120 Å². The molecule has 2 rings (SSSR count). The molecule has 0 aromatic heterocycles. The molecule has 0 spiro atoms. The lowest BCUT2D eigenvalue weighted by Crippen LogP contribution is -2.12. The molecule has 0 fully saturated rings. The molecule has 0 heterocycles. The van der Waals surface area contributed by atoms with E-state index in [9.17, 15) is 8.78 Å². The maximum Gasteiger partial charge on any atom is 0.200 e. The summed E-state index contributed by atoms with van der Waals surface area (Å²) in [5, 5.41) is 7.40. The van der Waals surface area contributed by atoms with Crippen LogP contribution in [0.1, 0.15) is 11.1 Å². The maximum atomic E-state index is 13.5. The summed E-state index contributed by atoms with van der Waals surface area (Å²) in [4.78, 5) is 0. The molecule has 2 aromatic rings. The number of nitrogens with one attached hydrogen (secondary N) is 1. The van der Waals surface area contributed by atoms with Gasteiger partial charge in [0, 0.05) is 11.1 Å². The molecule has 0 bridgehead atoms. The van der Waals surface area contributed by atoms with Crippen molar-refractivity contribution in [2.75, 3.05) is 7.11 Å². The van der Waals surface area contributed by atoms with E-state index in [1.807, 2.05) is 0 Å². The molecule has 0 saturated heterocycles. The van der Waals surface area contributed by atoms with E-state index in [-0.39, 0.29) is 18.2 Å². The van der Waals surface area contributed by atoms with E-state index in [2.05, 4.69) is 0 Å². The van der Waals surface area contributed by atoms with Crippen molar-refractivity contribution in [1.82, 2.24) is 0 Å². The number of rotatable bonds is 5. The molecule has 6 heteroatoms. The second-order valence-corrected chi connectivity index (χ2v) is 4.28. The van der Waals surface area contributed by atoms with Crippen molar-refractivity contribution >= 4 is 5.84 Å². The quantitative estimate of drug-likeness (QED) is 0.657. The Bertz CT molecular complexity index is 675. The third-order valence-electron chi connectivity index (χ3n) is 2.89. The van der Waals surface area contributed by atoms with Crippen molar-refractivity contribution in [1.29, 1.82) is 5.41 Å². The molecule has 0 atom stereocenters. The molecule has 0 unspecified atom stereocenters. The molecule has 2 aromatic carbocycles. The van der Waals surface area contributed by atoms with E-state index in [4.69, 9.17) is 20.6 Å². The molecule has 4 nitrogen and oxygen atoms in total. The molecular formula is C15H14F2N2O2. The minimum absolute atomic E-state index is 0.0370. The van der Waals surface area contributed by atoms with Crippen molar-refractivity contribution in [3.05, 3.63) is 59.2 Å². The van der Waals surface area contributed by atoms with E-state index < -0.39 is 11.6 Å². The van der Waals surface area contributed by atoms with Crippen LogP contribution < -0.4 is 15.2 Å². The van der Waals surface area contributed by atoms with Crippen LogP contribution in [0.15, 0.2) is 36.4 Å². The van der Waals surface area contributed by atoms with Crippen LogP contribution in [-0.4, -0.2) is 12.9 Å². The van der Waals surface area contributed by atoms with Gasteiger partial charge in [0.15, 0.2) is 11.6 Å². The number of nitrogens with two attached hydrogens (primary N) is 1. The normalized spacial score (nSPS) is 10.2. The Hall–Kier alpha value is -2.63. The second-order valence-electron chi connectivity index (χ2n) is 4.28. The van der Waals surface area contributed by atoms with Crippen LogP contribution in [0.25, 0.3) is 0 Å². The summed E-state index contributed by atoms with van der Waals surface area (Å²) in [6, 6.07) is 8.58. The summed E-state index contributed by atoms with van der Waals surface area (Å²) >= 11 is 0. The van der Waals surface area contributed by atoms with Gasteiger partial charge in [0.2, 0.25) is 5.82 Å². The van der Waals surface area contributed by atoms with Gasteiger partial charge in [-0.05, 0) is 30.3 Å². The molecule has 0 radical (unpaired) electrons. The Morgan fingerprint density at radius 1 is 1.19 bits per heavy atom. The van der Waals surface area contributed by atoms with Crippen molar-refractivity contribution in [3.8, 4) is 11.5 Å². The predicted octanol–water partition coefficient (Wildman–Crippen LogP) is 2.84. The number of methoxy groups -OCH3 is 1. The zero-order chi connectivity index (χ0) is 15.4. The topological polar surface area (TPSA) is 68.3 Å². The molecule has 0 saturated carbocycles. The van der Waals surface area contributed by atoms with Gasteiger partial charge in [0.25, 0.3) is 0 Å². The number of hydrogen-bond acceptors (Lipinski definition) is 3. The van der Waals surface area contributed by atoms with Gasteiger partial charge in [-0.15, -0.1) is 0 Å². The number of nitrogen functional groups attached to an aromatic ring is 1. The van der Waals surface area contributed by atoms with Crippen molar-refractivity contribution in [2.45, 2.75) is 6.61 Å². The maximum absolute atomic E-state index is 13.5. The van der Waals surface area contributed by atoms with Crippen molar-refractivity contribution in [2.24, 2.45) is 5.73 Å². The standard InChI is InChI=1S/C15H14F2N2O2/c1-20-12-6-5-9(15(18)19)7-10(12)8-21-13-4-2-3-11(16)14(13)17/h2-7H,8H2,1H3,(H3,18,19). The molecule has 0 aliphatic rings. The third-order valence-corrected chi connectivity index (χ3v) is 2.89. The number of amidine groups is 1. The van der Waals surface area contributed by atoms with Crippen LogP contribution in [0.2, 0.25) is 0 Å². The monoisotopic (exact) mass is 292 g/mol. The van der Waals surface area contributed by atoms with E-state index in [0.717, 1.165) is 6.07 Å². The summed E-state index contributed by atoms with van der Waals surface area (Å²) in [6.45, 7) is -0.0370. The first-order chi connectivity index (χ1) is 10.0. The first-order valence-corrected chi connectivity index (χ1v) is 6.11. The van der Waals surface area contributed by atoms with E-state index in [1.165, 1.54) is 19.2 Å². The summed E-state index contributed by atoms with van der Waals surface area (Å²) < 4.78 is 37.0. The summed E-state index contributed by atoms with van der Waals surface area (Å²) in [7, 11) is 1.48. The van der Waals surface area contributed by atoms with Crippen molar-refractivity contribution in [3.63, 3.8) is 0 Å². The van der Waals surface area contributed by atoms with Gasteiger partial charge in [0.05, 0.1) is 7.11 Å².